The van der Waals surface area contributed by atoms with Gasteiger partial charge in [-0.2, -0.15) is 0 Å². The highest BCUT2D eigenvalue weighted by Crippen LogP contribution is 2.27. The number of rotatable bonds is 6. The van der Waals surface area contributed by atoms with Crippen LogP contribution in [0.2, 0.25) is 0 Å². The summed E-state index contributed by atoms with van der Waals surface area (Å²) in [5.41, 5.74) is 2.17. The highest BCUT2D eigenvalue weighted by atomic mass is 16.6. The van der Waals surface area contributed by atoms with Gasteiger partial charge in [0.25, 0.3) is 0 Å². The van der Waals surface area contributed by atoms with Crippen molar-refractivity contribution >= 4 is 11.5 Å². The van der Waals surface area contributed by atoms with E-state index in [0.717, 1.165) is 11.1 Å². The number of benzene rings is 2. The molecule has 5 nitrogen and oxygen atoms in total. The van der Waals surface area contributed by atoms with E-state index in [4.69, 9.17) is 0 Å². The second kappa shape index (κ2) is 7.37. The molecule has 0 atom stereocenters. The second-order valence-corrected chi connectivity index (χ2v) is 5.43. The molecule has 0 aliphatic rings. The maximum absolute atomic E-state index is 11.4. The van der Waals surface area contributed by atoms with Crippen LogP contribution in [0.3, 0.4) is 0 Å². The summed E-state index contributed by atoms with van der Waals surface area (Å²) in [6, 6.07) is 22.9. The monoisotopic (exact) mass is 319 g/mol. The van der Waals surface area contributed by atoms with Crippen molar-refractivity contribution in [3.05, 3.63) is 100 Å². The van der Waals surface area contributed by atoms with Crippen LogP contribution in [0.5, 0.6) is 0 Å². The Bertz CT molecular complexity index is 766. The smallest absolute Gasteiger partial charge is 0.311 e. The molecule has 0 fully saturated rings. The molecule has 3 aromatic rings. The van der Waals surface area contributed by atoms with Gasteiger partial charge >= 0.3 is 5.69 Å². The molecule has 0 N–H and O–H groups in total. The summed E-state index contributed by atoms with van der Waals surface area (Å²) in [5, 5.41) is 11.4. The second-order valence-electron chi connectivity index (χ2n) is 5.43. The van der Waals surface area contributed by atoms with E-state index in [0.29, 0.717) is 18.9 Å². The van der Waals surface area contributed by atoms with Gasteiger partial charge in [-0.3, -0.25) is 10.1 Å². The Labute approximate surface area is 140 Å². The molecule has 0 unspecified atom stereocenters. The first kappa shape index (κ1) is 15.7. The average molecular weight is 319 g/mol. The summed E-state index contributed by atoms with van der Waals surface area (Å²) in [6.45, 7) is 1.10. The zero-order valence-electron chi connectivity index (χ0n) is 13.1. The predicted octanol–water partition coefficient (Wildman–Crippen LogP) is 4.20. The van der Waals surface area contributed by atoms with E-state index in [1.54, 1.807) is 12.3 Å². The van der Waals surface area contributed by atoms with Gasteiger partial charge in [0.2, 0.25) is 5.82 Å². The standard InChI is InChI=1S/C19H17N3O2/c23-22(24)18-12-7-13-20-19(18)21(14-16-8-3-1-4-9-16)15-17-10-5-2-6-11-17/h1-13H,14-15H2. The third-order valence-corrected chi connectivity index (χ3v) is 3.69. The Morgan fingerprint density at radius 1 is 0.833 bits per heavy atom. The van der Waals surface area contributed by atoms with Crippen LogP contribution in [0.4, 0.5) is 11.5 Å². The largest absolute Gasteiger partial charge is 0.342 e. The molecular formula is C19H17N3O2. The number of nitrogens with zero attached hydrogens (tertiary/aromatic N) is 3. The molecule has 0 radical (unpaired) electrons. The molecule has 0 saturated heterocycles. The van der Waals surface area contributed by atoms with E-state index >= 15 is 0 Å². The van der Waals surface area contributed by atoms with Crippen molar-refractivity contribution in [2.45, 2.75) is 13.1 Å². The summed E-state index contributed by atoms with van der Waals surface area (Å²) < 4.78 is 0. The molecule has 1 aromatic heterocycles. The molecule has 24 heavy (non-hydrogen) atoms. The maximum atomic E-state index is 11.4. The average Bonchev–Trinajstić information content (AvgIpc) is 2.63. The fraction of sp³-hybridized carbons (Fsp3) is 0.105. The molecule has 5 heteroatoms. The van der Waals surface area contributed by atoms with Crippen LogP contribution < -0.4 is 4.90 Å². The van der Waals surface area contributed by atoms with Crippen molar-refractivity contribution < 1.29 is 4.92 Å². The van der Waals surface area contributed by atoms with E-state index in [1.165, 1.54) is 6.07 Å². The van der Waals surface area contributed by atoms with Crippen molar-refractivity contribution in [2.24, 2.45) is 0 Å². The summed E-state index contributed by atoms with van der Waals surface area (Å²) >= 11 is 0. The highest BCUT2D eigenvalue weighted by molar-refractivity contribution is 5.57. The fourth-order valence-corrected chi connectivity index (χ4v) is 2.59. The summed E-state index contributed by atoms with van der Waals surface area (Å²) in [7, 11) is 0. The fourth-order valence-electron chi connectivity index (χ4n) is 2.59. The van der Waals surface area contributed by atoms with Gasteiger partial charge in [-0.1, -0.05) is 60.7 Å². The molecular weight excluding hydrogens is 302 g/mol. The van der Waals surface area contributed by atoms with Crippen molar-refractivity contribution in [2.75, 3.05) is 4.90 Å². The van der Waals surface area contributed by atoms with Crippen molar-refractivity contribution in [3.8, 4) is 0 Å². The lowest BCUT2D eigenvalue weighted by Gasteiger charge is -2.23. The van der Waals surface area contributed by atoms with Crippen molar-refractivity contribution in [3.63, 3.8) is 0 Å². The lowest BCUT2D eigenvalue weighted by atomic mass is 10.1. The molecule has 0 saturated carbocycles. The third-order valence-electron chi connectivity index (χ3n) is 3.69. The van der Waals surface area contributed by atoms with Gasteiger partial charge < -0.3 is 4.90 Å². The normalized spacial score (nSPS) is 10.3. The van der Waals surface area contributed by atoms with Crippen molar-refractivity contribution in [1.82, 2.24) is 4.98 Å². The van der Waals surface area contributed by atoms with Gasteiger partial charge in [0, 0.05) is 25.4 Å². The van der Waals surface area contributed by atoms with Gasteiger partial charge in [0.15, 0.2) is 0 Å². The molecule has 0 spiro atoms. The number of anilines is 1. The van der Waals surface area contributed by atoms with Gasteiger partial charge in [0.05, 0.1) is 4.92 Å². The van der Waals surface area contributed by atoms with Crippen LogP contribution in [-0.4, -0.2) is 9.91 Å². The zero-order chi connectivity index (χ0) is 16.8. The molecule has 0 aliphatic carbocycles. The first-order chi connectivity index (χ1) is 11.7. The molecule has 120 valence electrons. The minimum absolute atomic E-state index is 0.0179. The molecule has 1 heterocycles. The number of hydrogen-bond donors (Lipinski definition) is 0. The van der Waals surface area contributed by atoms with Crippen molar-refractivity contribution in [1.29, 1.82) is 0 Å². The van der Waals surface area contributed by atoms with Crippen LogP contribution in [-0.2, 0) is 13.1 Å². The maximum Gasteiger partial charge on any atom is 0.311 e. The molecule has 2 aromatic carbocycles. The SMILES string of the molecule is O=[N+]([O-])c1cccnc1N(Cc1ccccc1)Cc1ccccc1. The summed E-state index contributed by atoms with van der Waals surface area (Å²) in [6.07, 6.45) is 1.59. The number of pyridine rings is 1. The van der Waals surface area contributed by atoms with Crippen LogP contribution >= 0.6 is 0 Å². The topological polar surface area (TPSA) is 59.3 Å². The first-order valence-electron chi connectivity index (χ1n) is 7.66. The minimum Gasteiger partial charge on any atom is -0.342 e. The Kier molecular flexibility index (Phi) is 4.81. The third kappa shape index (κ3) is 3.76. The van der Waals surface area contributed by atoms with Crippen LogP contribution in [0.15, 0.2) is 79.0 Å². The van der Waals surface area contributed by atoms with E-state index in [9.17, 15) is 10.1 Å². The molecule has 0 aliphatic heterocycles. The molecule has 3 rings (SSSR count). The number of hydrogen-bond acceptors (Lipinski definition) is 4. The van der Waals surface area contributed by atoms with E-state index < -0.39 is 0 Å². The van der Waals surface area contributed by atoms with Gasteiger partial charge in [-0.25, -0.2) is 4.98 Å². The molecule has 0 amide bonds. The van der Waals surface area contributed by atoms with Gasteiger partial charge in [0.1, 0.15) is 0 Å². The number of nitro groups is 1. The Hall–Kier alpha value is -3.21. The van der Waals surface area contributed by atoms with E-state index in [1.807, 2.05) is 65.6 Å². The number of aromatic nitrogens is 1. The Balaban J connectivity index is 1.97. The predicted molar refractivity (Wildman–Crippen MR) is 93.7 cm³/mol. The molecule has 0 bridgehead atoms. The van der Waals surface area contributed by atoms with E-state index in [2.05, 4.69) is 4.98 Å². The van der Waals surface area contributed by atoms with Crippen LogP contribution in [0.1, 0.15) is 11.1 Å². The van der Waals surface area contributed by atoms with E-state index in [-0.39, 0.29) is 10.6 Å². The summed E-state index contributed by atoms with van der Waals surface area (Å²) in [4.78, 5) is 17.2. The van der Waals surface area contributed by atoms with Gasteiger partial charge in [-0.15, -0.1) is 0 Å². The summed E-state index contributed by atoms with van der Waals surface area (Å²) in [5.74, 6) is 0.384. The van der Waals surface area contributed by atoms with Crippen LogP contribution in [0.25, 0.3) is 0 Å². The zero-order valence-corrected chi connectivity index (χ0v) is 13.1. The highest BCUT2D eigenvalue weighted by Gasteiger charge is 2.21. The Morgan fingerprint density at radius 3 is 1.88 bits per heavy atom. The van der Waals surface area contributed by atoms with Gasteiger partial charge in [-0.05, 0) is 17.2 Å². The lowest BCUT2D eigenvalue weighted by Crippen LogP contribution is -2.24. The van der Waals surface area contributed by atoms with Crippen LogP contribution in [0, 0.1) is 10.1 Å². The minimum atomic E-state index is -0.384. The lowest BCUT2D eigenvalue weighted by molar-refractivity contribution is -0.384. The first-order valence-corrected chi connectivity index (χ1v) is 7.66. The quantitative estimate of drug-likeness (QED) is 0.505. The Morgan fingerprint density at radius 2 is 1.38 bits per heavy atom.